The van der Waals surface area contributed by atoms with Crippen LogP contribution in [-0.2, 0) is 0 Å². The van der Waals surface area contributed by atoms with Gasteiger partial charge in [-0.05, 0) is 31.7 Å². The van der Waals surface area contributed by atoms with Gasteiger partial charge in [-0.25, -0.2) is 24.1 Å². The number of pyridine rings is 1. The molecule has 1 aliphatic carbocycles. The smallest absolute Gasteiger partial charge is 0.320 e. The molecule has 1 unspecified atom stereocenters. The van der Waals surface area contributed by atoms with Crippen molar-refractivity contribution in [3.63, 3.8) is 0 Å². The van der Waals surface area contributed by atoms with Crippen LogP contribution >= 0.6 is 11.6 Å². The van der Waals surface area contributed by atoms with Crippen LogP contribution < -0.4 is 5.32 Å². The molecule has 1 aliphatic heterocycles. The largest absolute Gasteiger partial charge is 0.365 e. The maximum atomic E-state index is 14.6. The molecule has 1 saturated heterocycles. The maximum absolute atomic E-state index is 14.6. The Kier molecular flexibility index (Phi) is 5.13. The van der Waals surface area contributed by atoms with Crippen LogP contribution in [0.15, 0.2) is 24.7 Å². The van der Waals surface area contributed by atoms with Gasteiger partial charge < -0.3 is 20.1 Å². The van der Waals surface area contributed by atoms with Crippen molar-refractivity contribution in [3.05, 3.63) is 35.5 Å². The van der Waals surface area contributed by atoms with E-state index < -0.39 is 5.82 Å². The first-order valence-electron chi connectivity index (χ1n) is 10.4. The molecule has 3 aromatic rings. The molecule has 5 rings (SSSR count). The van der Waals surface area contributed by atoms with Crippen molar-refractivity contribution >= 4 is 34.5 Å². The SMILES string of the molecule is CN1CCN(C2CCC[C@H](Nc3nc(-c4c[nH]c5ncc(Cl)cc45)ncc3F)C2)C1=O. The average molecular weight is 444 g/mol. The molecule has 162 valence electrons. The number of rotatable bonds is 4. The number of anilines is 1. The lowest BCUT2D eigenvalue weighted by atomic mass is 9.90. The van der Waals surface area contributed by atoms with Crippen LogP contribution in [0.2, 0.25) is 5.02 Å². The van der Waals surface area contributed by atoms with Crippen molar-refractivity contribution in [2.75, 3.05) is 25.5 Å². The molecule has 0 radical (unpaired) electrons. The van der Waals surface area contributed by atoms with Gasteiger partial charge in [0.25, 0.3) is 0 Å². The highest BCUT2D eigenvalue weighted by Gasteiger charge is 2.35. The van der Waals surface area contributed by atoms with Gasteiger partial charge >= 0.3 is 6.03 Å². The molecule has 0 bridgehead atoms. The number of halogens is 2. The molecule has 31 heavy (non-hydrogen) atoms. The Labute approximate surface area is 183 Å². The van der Waals surface area contributed by atoms with Gasteiger partial charge in [-0.1, -0.05) is 11.6 Å². The Hall–Kier alpha value is -2.94. The second-order valence-corrected chi connectivity index (χ2v) is 8.64. The molecule has 2 N–H and O–H groups in total. The summed E-state index contributed by atoms with van der Waals surface area (Å²) < 4.78 is 14.6. The summed E-state index contributed by atoms with van der Waals surface area (Å²) in [5.41, 5.74) is 1.37. The third-order valence-corrected chi connectivity index (χ3v) is 6.37. The van der Waals surface area contributed by atoms with Crippen molar-refractivity contribution in [3.8, 4) is 11.4 Å². The summed E-state index contributed by atoms with van der Waals surface area (Å²) in [6.45, 7) is 1.50. The summed E-state index contributed by atoms with van der Waals surface area (Å²) in [6.07, 6.45) is 8.11. The van der Waals surface area contributed by atoms with E-state index in [2.05, 4.69) is 25.3 Å². The molecule has 4 heterocycles. The van der Waals surface area contributed by atoms with Crippen LogP contribution in [0.1, 0.15) is 25.7 Å². The number of H-pyrrole nitrogens is 1. The molecule has 0 aromatic carbocycles. The molecule has 0 spiro atoms. The van der Waals surface area contributed by atoms with Gasteiger partial charge in [0, 0.05) is 55.6 Å². The van der Waals surface area contributed by atoms with Gasteiger partial charge in [0.2, 0.25) is 0 Å². The summed E-state index contributed by atoms with van der Waals surface area (Å²) in [6, 6.07) is 2.06. The van der Waals surface area contributed by atoms with Crippen LogP contribution in [0, 0.1) is 5.82 Å². The van der Waals surface area contributed by atoms with Gasteiger partial charge in [-0.3, -0.25) is 0 Å². The van der Waals surface area contributed by atoms with E-state index in [0.29, 0.717) is 22.1 Å². The second kappa shape index (κ2) is 7.96. The zero-order valence-corrected chi connectivity index (χ0v) is 17.9. The minimum Gasteiger partial charge on any atom is -0.365 e. The number of amides is 2. The number of aromatic nitrogens is 4. The summed E-state index contributed by atoms with van der Waals surface area (Å²) in [4.78, 5) is 32.0. The third kappa shape index (κ3) is 3.78. The first kappa shape index (κ1) is 20.0. The van der Waals surface area contributed by atoms with Crippen LogP contribution in [0.25, 0.3) is 22.4 Å². The number of aromatic amines is 1. The number of hydrogen-bond donors (Lipinski definition) is 2. The van der Waals surface area contributed by atoms with E-state index in [-0.39, 0.29) is 23.9 Å². The molecule has 2 amide bonds. The zero-order chi connectivity index (χ0) is 21.5. The van der Waals surface area contributed by atoms with E-state index >= 15 is 0 Å². The number of carbonyl (C=O) groups is 1. The minimum atomic E-state index is -0.501. The van der Waals surface area contributed by atoms with Crippen molar-refractivity contribution in [1.82, 2.24) is 29.7 Å². The lowest BCUT2D eigenvalue weighted by Crippen LogP contribution is -2.44. The molecule has 8 nitrogen and oxygen atoms in total. The van der Waals surface area contributed by atoms with E-state index in [1.165, 1.54) is 6.20 Å². The van der Waals surface area contributed by atoms with E-state index in [1.54, 1.807) is 23.4 Å². The topological polar surface area (TPSA) is 90.0 Å². The monoisotopic (exact) mass is 443 g/mol. The standard InChI is InChI=1S/C21H23ClFN7O/c1-29-5-6-30(21(29)31)14-4-2-3-13(8-14)27-20-17(23)11-26-19(28-20)16-10-25-18-15(16)7-12(22)9-24-18/h7,9-11,13-14H,2-6,8H2,1H3,(H,24,25)(H,26,27,28)/t13-,14?/m0/s1. The number of carbonyl (C=O) groups excluding carboxylic acids is 1. The number of urea groups is 1. The highest BCUT2D eigenvalue weighted by molar-refractivity contribution is 6.31. The first-order chi connectivity index (χ1) is 15.0. The summed E-state index contributed by atoms with van der Waals surface area (Å²) in [5, 5.41) is 4.54. The predicted octanol–water partition coefficient (Wildman–Crippen LogP) is 3.90. The Morgan fingerprint density at radius 2 is 2.13 bits per heavy atom. The number of hydrogen-bond acceptors (Lipinski definition) is 5. The van der Waals surface area contributed by atoms with Crippen molar-refractivity contribution in [2.24, 2.45) is 0 Å². The van der Waals surface area contributed by atoms with Crippen LogP contribution in [-0.4, -0.2) is 68.0 Å². The average Bonchev–Trinajstić information content (AvgIpc) is 3.33. The molecule has 2 aliphatic rings. The number of nitrogens with zero attached hydrogens (tertiary/aromatic N) is 5. The molecule has 3 aromatic heterocycles. The fourth-order valence-electron chi connectivity index (χ4n) is 4.54. The number of nitrogens with one attached hydrogen (secondary N) is 2. The Bertz CT molecular complexity index is 1140. The van der Waals surface area contributed by atoms with Gasteiger partial charge in [-0.15, -0.1) is 0 Å². The van der Waals surface area contributed by atoms with E-state index in [0.717, 1.165) is 44.2 Å². The molecule has 1 saturated carbocycles. The quantitative estimate of drug-likeness (QED) is 0.638. The fraction of sp³-hybridized carbons (Fsp3) is 0.429. The van der Waals surface area contributed by atoms with Gasteiger partial charge in [-0.2, -0.15) is 0 Å². The summed E-state index contributed by atoms with van der Waals surface area (Å²) in [7, 11) is 1.83. The second-order valence-electron chi connectivity index (χ2n) is 8.20. The lowest BCUT2D eigenvalue weighted by Gasteiger charge is -2.35. The Balaban J connectivity index is 1.37. The highest BCUT2D eigenvalue weighted by Crippen LogP contribution is 2.30. The summed E-state index contributed by atoms with van der Waals surface area (Å²) in [5.74, 6) is 0.0617. The van der Waals surface area contributed by atoms with E-state index in [4.69, 9.17) is 11.6 Å². The highest BCUT2D eigenvalue weighted by atomic mass is 35.5. The number of fused-ring (bicyclic) bond motifs is 1. The Morgan fingerprint density at radius 1 is 1.26 bits per heavy atom. The molecular weight excluding hydrogens is 421 g/mol. The van der Waals surface area contributed by atoms with Gasteiger partial charge in [0.05, 0.1) is 11.2 Å². The lowest BCUT2D eigenvalue weighted by molar-refractivity contribution is 0.164. The van der Waals surface area contributed by atoms with Crippen molar-refractivity contribution < 1.29 is 9.18 Å². The van der Waals surface area contributed by atoms with Crippen molar-refractivity contribution in [2.45, 2.75) is 37.8 Å². The predicted molar refractivity (Wildman–Crippen MR) is 116 cm³/mol. The fourth-order valence-corrected chi connectivity index (χ4v) is 4.70. The normalized spacial score (nSPS) is 21.8. The maximum Gasteiger partial charge on any atom is 0.320 e. The number of likely N-dealkylation sites (N-methyl/N-ethyl adjacent to an activating group) is 1. The molecule has 2 atom stereocenters. The molecule has 2 fully saturated rings. The molecule has 10 heteroatoms. The minimum absolute atomic E-state index is 0.0359. The van der Waals surface area contributed by atoms with Crippen molar-refractivity contribution in [1.29, 1.82) is 0 Å². The van der Waals surface area contributed by atoms with Gasteiger partial charge in [0.15, 0.2) is 17.5 Å². The van der Waals surface area contributed by atoms with Crippen LogP contribution in [0.4, 0.5) is 15.0 Å². The Morgan fingerprint density at radius 3 is 2.94 bits per heavy atom. The third-order valence-electron chi connectivity index (χ3n) is 6.16. The molecular formula is C21H23ClFN7O. The van der Waals surface area contributed by atoms with E-state index in [1.807, 2.05) is 11.9 Å². The van der Waals surface area contributed by atoms with E-state index in [9.17, 15) is 9.18 Å². The first-order valence-corrected chi connectivity index (χ1v) is 10.8. The summed E-state index contributed by atoms with van der Waals surface area (Å²) >= 11 is 6.09. The van der Waals surface area contributed by atoms with Crippen LogP contribution in [0.5, 0.6) is 0 Å². The van der Waals surface area contributed by atoms with Crippen LogP contribution in [0.3, 0.4) is 0 Å². The zero-order valence-electron chi connectivity index (χ0n) is 17.1. The van der Waals surface area contributed by atoms with Gasteiger partial charge in [0.1, 0.15) is 5.65 Å².